The average Bonchev–Trinajstić information content (AvgIpc) is 3.15. The molecule has 0 aliphatic heterocycles. The highest BCUT2D eigenvalue weighted by molar-refractivity contribution is 5.82. The molecule has 0 saturated heterocycles. The second kappa shape index (κ2) is 4.58. The molecule has 2 aromatic heterocycles. The molecule has 1 aliphatic rings. The fraction of sp³-hybridized carbons (Fsp3) is 0.533. The highest BCUT2D eigenvalue weighted by Gasteiger charge is 2.31. The van der Waals surface area contributed by atoms with E-state index in [9.17, 15) is 4.79 Å². The van der Waals surface area contributed by atoms with Crippen LogP contribution in [0, 0.1) is 19.8 Å². The number of hydrogen-bond acceptors (Lipinski definition) is 4. The maximum absolute atomic E-state index is 11.1. The summed E-state index contributed by atoms with van der Waals surface area (Å²) in [5.74, 6) is -0.711. The Morgan fingerprint density at radius 1 is 1.45 bits per heavy atom. The van der Waals surface area contributed by atoms with Gasteiger partial charge in [0.05, 0.1) is 17.0 Å². The van der Waals surface area contributed by atoms with Gasteiger partial charge in [-0.25, -0.2) is 4.98 Å². The second-order valence-corrected chi connectivity index (χ2v) is 5.77. The van der Waals surface area contributed by atoms with Crippen LogP contribution in [0.4, 0.5) is 0 Å². The molecule has 2 aromatic rings. The molecule has 0 aromatic carbocycles. The zero-order chi connectivity index (χ0) is 14.4. The van der Waals surface area contributed by atoms with E-state index in [1.807, 2.05) is 13.8 Å². The lowest BCUT2D eigenvalue weighted by atomic mass is 9.94. The standard InChI is InChI=1S/C15H18N2O3/c1-7(15(18)19)6-11-8(2)12-13(10-4-5-10)17-20-14(12)16-9(11)3/h7,10H,4-6H2,1-3H3,(H,18,19). The molecule has 0 bridgehead atoms. The SMILES string of the molecule is Cc1nc2onc(C3CC3)c2c(C)c1CC(C)C(=O)O. The summed E-state index contributed by atoms with van der Waals surface area (Å²) in [7, 11) is 0. The summed E-state index contributed by atoms with van der Waals surface area (Å²) in [4.78, 5) is 15.5. The van der Waals surface area contributed by atoms with Crippen LogP contribution in [0.25, 0.3) is 11.1 Å². The molecule has 1 N–H and O–H groups in total. The molecule has 5 nitrogen and oxygen atoms in total. The van der Waals surface area contributed by atoms with Gasteiger partial charge in [-0.2, -0.15) is 0 Å². The van der Waals surface area contributed by atoms with Gasteiger partial charge in [0.15, 0.2) is 0 Å². The van der Waals surface area contributed by atoms with E-state index in [1.165, 1.54) is 0 Å². The van der Waals surface area contributed by atoms with Crippen molar-refractivity contribution in [3.05, 3.63) is 22.5 Å². The van der Waals surface area contributed by atoms with Crippen molar-refractivity contribution in [1.29, 1.82) is 0 Å². The Morgan fingerprint density at radius 2 is 2.15 bits per heavy atom. The average molecular weight is 274 g/mol. The molecule has 1 unspecified atom stereocenters. The number of rotatable bonds is 4. The molecular weight excluding hydrogens is 256 g/mol. The van der Waals surface area contributed by atoms with Crippen molar-refractivity contribution in [3.8, 4) is 0 Å². The van der Waals surface area contributed by atoms with Gasteiger partial charge in [0.25, 0.3) is 5.71 Å². The summed E-state index contributed by atoms with van der Waals surface area (Å²) in [5, 5.41) is 14.3. The van der Waals surface area contributed by atoms with Crippen LogP contribution < -0.4 is 0 Å². The van der Waals surface area contributed by atoms with Gasteiger partial charge in [-0.15, -0.1) is 0 Å². The molecule has 3 rings (SSSR count). The fourth-order valence-corrected chi connectivity index (χ4v) is 2.69. The summed E-state index contributed by atoms with van der Waals surface area (Å²) in [5.41, 5.74) is 4.49. The quantitative estimate of drug-likeness (QED) is 0.927. The number of carboxylic acid groups (broad SMARTS) is 1. The Labute approximate surface area is 117 Å². The van der Waals surface area contributed by atoms with Crippen LogP contribution in [-0.4, -0.2) is 21.2 Å². The van der Waals surface area contributed by atoms with E-state index in [0.717, 1.165) is 40.7 Å². The Bertz CT molecular complexity index is 686. The molecular formula is C15H18N2O3. The van der Waals surface area contributed by atoms with Crippen LogP contribution in [0.5, 0.6) is 0 Å². The highest BCUT2D eigenvalue weighted by Crippen LogP contribution is 2.43. The number of fused-ring (bicyclic) bond motifs is 1. The van der Waals surface area contributed by atoms with E-state index in [1.54, 1.807) is 6.92 Å². The van der Waals surface area contributed by atoms with E-state index in [4.69, 9.17) is 9.63 Å². The Hall–Kier alpha value is -1.91. The van der Waals surface area contributed by atoms with Crippen LogP contribution >= 0.6 is 0 Å². The molecule has 1 fully saturated rings. The van der Waals surface area contributed by atoms with Crippen molar-refractivity contribution >= 4 is 17.1 Å². The van der Waals surface area contributed by atoms with Crippen molar-refractivity contribution in [3.63, 3.8) is 0 Å². The predicted octanol–water partition coefficient (Wildman–Crippen LogP) is 2.98. The van der Waals surface area contributed by atoms with Crippen molar-refractivity contribution in [1.82, 2.24) is 10.1 Å². The van der Waals surface area contributed by atoms with Crippen LogP contribution in [0.2, 0.25) is 0 Å². The first-order valence-electron chi connectivity index (χ1n) is 6.97. The highest BCUT2D eigenvalue weighted by atomic mass is 16.5. The normalized spacial score (nSPS) is 16.6. The molecule has 106 valence electrons. The minimum Gasteiger partial charge on any atom is -0.481 e. The van der Waals surface area contributed by atoms with Gasteiger partial charge in [0, 0.05) is 11.6 Å². The molecule has 2 heterocycles. The summed E-state index contributed by atoms with van der Waals surface area (Å²) in [6.45, 7) is 5.64. The minimum absolute atomic E-state index is 0.420. The molecule has 0 spiro atoms. The lowest BCUT2D eigenvalue weighted by Gasteiger charge is -2.12. The zero-order valence-electron chi connectivity index (χ0n) is 11.9. The fourth-order valence-electron chi connectivity index (χ4n) is 2.69. The first kappa shape index (κ1) is 13.1. The molecule has 0 radical (unpaired) electrons. The van der Waals surface area contributed by atoms with Crippen LogP contribution in [0.1, 0.15) is 48.2 Å². The van der Waals surface area contributed by atoms with Crippen molar-refractivity contribution < 1.29 is 14.4 Å². The van der Waals surface area contributed by atoms with Gasteiger partial charge in [-0.05, 0) is 44.2 Å². The molecule has 5 heteroatoms. The molecule has 20 heavy (non-hydrogen) atoms. The Morgan fingerprint density at radius 3 is 2.75 bits per heavy atom. The summed E-state index contributed by atoms with van der Waals surface area (Å²) < 4.78 is 5.34. The van der Waals surface area contributed by atoms with Gasteiger partial charge >= 0.3 is 5.97 Å². The van der Waals surface area contributed by atoms with E-state index in [0.29, 0.717) is 18.1 Å². The summed E-state index contributed by atoms with van der Waals surface area (Å²) in [6, 6.07) is 0. The summed E-state index contributed by atoms with van der Waals surface area (Å²) >= 11 is 0. The van der Waals surface area contributed by atoms with Gasteiger partial charge < -0.3 is 9.63 Å². The lowest BCUT2D eigenvalue weighted by molar-refractivity contribution is -0.141. The second-order valence-electron chi connectivity index (χ2n) is 5.77. The van der Waals surface area contributed by atoms with Gasteiger partial charge in [0.1, 0.15) is 0 Å². The van der Waals surface area contributed by atoms with Gasteiger partial charge in [-0.1, -0.05) is 12.1 Å². The first-order valence-corrected chi connectivity index (χ1v) is 6.97. The summed E-state index contributed by atoms with van der Waals surface area (Å²) in [6.07, 6.45) is 2.79. The van der Waals surface area contributed by atoms with Crippen molar-refractivity contribution in [2.75, 3.05) is 0 Å². The third kappa shape index (κ3) is 2.07. The van der Waals surface area contributed by atoms with Crippen LogP contribution in [0.15, 0.2) is 4.52 Å². The predicted molar refractivity (Wildman–Crippen MR) is 73.8 cm³/mol. The largest absolute Gasteiger partial charge is 0.481 e. The molecule has 1 saturated carbocycles. The van der Waals surface area contributed by atoms with E-state index in [2.05, 4.69) is 10.1 Å². The first-order chi connectivity index (χ1) is 9.49. The number of aromatic nitrogens is 2. The smallest absolute Gasteiger partial charge is 0.306 e. The van der Waals surface area contributed by atoms with E-state index < -0.39 is 11.9 Å². The number of nitrogens with zero attached hydrogens (tertiary/aromatic N) is 2. The molecule has 1 atom stereocenters. The monoisotopic (exact) mass is 274 g/mol. The zero-order valence-corrected chi connectivity index (χ0v) is 11.9. The maximum atomic E-state index is 11.1. The minimum atomic E-state index is -0.781. The van der Waals surface area contributed by atoms with Crippen molar-refractivity contribution in [2.24, 2.45) is 5.92 Å². The maximum Gasteiger partial charge on any atom is 0.306 e. The van der Waals surface area contributed by atoms with E-state index >= 15 is 0 Å². The number of aliphatic carboxylic acids is 1. The number of hydrogen-bond donors (Lipinski definition) is 1. The van der Waals surface area contributed by atoms with E-state index in [-0.39, 0.29) is 0 Å². The number of pyridine rings is 1. The number of carboxylic acids is 1. The number of carbonyl (C=O) groups is 1. The van der Waals surface area contributed by atoms with Gasteiger partial charge in [0.2, 0.25) is 0 Å². The number of aryl methyl sites for hydroxylation is 2. The lowest BCUT2D eigenvalue weighted by Crippen LogP contribution is -2.14. The third-order valence-corrected chi connectivity index (χ3v) is 4.13. The van der Waals surface area contributed by atoms with Crippen molar-refractivity contribution in [2.45, 2.75) is 46.0 Å². The molecule has 1 aliphatic carbocycles. The van der Waals surface area contributed by atoms with Gasteiger partial charge in [-0.3, -0.25) is 4.79 Å². The molecule has 0 amide bonds. The third-order valence-electron chi connectivity index (χ3n) is 4.13. The van der Waals surface area contributed by atoms with Crippen LogP contribution in [0.3, 0.4) is 0 Å². The Balaban J connectivity index is 2.11. The topological polar surface area (TPSA) is 76.2 Å². The Kier molecular flexibility index (Phi) is 3.00. The van der Waals surface area contributed by atoms with Crippen LogP contribution in [-0.2, 0) is 11.2 Å².